The largest absolute Gasteiger partial charge is 0.481 e. The fourth-order valence-corrected chi connectivity index (χ4v) is 14.5. The molecule has 0 radical (unpaired) electrons. The minimum Gasteiger partial charge on any atom is -0.481 e. The average molecular weight is 816 g/mol. The third kappa shape index (κ3) is 7.31. The van der Waals surface area contributed by atoms with Crippen LogP contribution in [0.5, 0.6) is 0 Å². The van der Waals surface area contributed by atoms with Crippen LogP contribution in [-0.2, 0) is 30.5 Å². The Kier molecular flexibility index (Phi) is 11.7. The highest BCUT2D eigenvalue weighted by atomic mass is 16.5. The van der Waals surface area contributed by atoms with Gasteiger partial charge in [-0.3, -0.25) is 29.1 Å². The zero-order valence-corrected chi connectivity index (χ0v) is 37.6. The summed E-state index contributed by atoms with van der Waals surface area (Å²) in [6, 6.07) is 5.92. The van der Waals surface area contributed by atoms with Crippen molar-refractivity contribution in [1.29, 1.82) is 0 Å². The number of allylic oxidation sites excluding steroid dienone is 1. The van der Waals surface area contributed by atoms with Gasteiger partial charge in [0.15, 0.2) is 5.78 Å². The molecule has 0 aromatic carbocycles. The summed E-state index contributed by atoms with van der Waals surface area (Å²) in [5, 5.41) is 22.4. The molecule has 0 bridgehead atoms. The van der Waals surface area contributed by atoms with Crippen molar-refractivity contribution in [3.8, 4) is 0 Å². The molecule has 5 aliphatic carbocycles. The smallest absolute Gasteiger partial charge is 0.309 e. The van der Waals surface area contributed by atoms with E-state index in [9.17, 15) is 29.4 Å². The molecular formula is C49H73N3O7. The summed E-state index contributed by atoms with van der Waals surface area (Å²) in [6.45, 7) is 22.6. The van der Waals surface area contributed by atoms with Gasteiger partial charge in [0.05, 0.1) is 23.6 Å². The van der Waals surface area contributed by atoms with Crippen molar-refractivity contribution in [3.05, 3.63) is 41.2 Å². The molecule has 1 aromatic heterocycles. The van der Waals surface area contributed by atoms with Gasteiger partial charge in [-0.25, -0.2) is 0 Å². The quantitative estimate of drug-likeness (QED) is 0.189. The molecule has 9 atom stereocenters. The molecule has 2 N–H and O–H groups in total. The maximum atomic E-state index is 14.4. The highest BCUT2D eigenvalue weighted by Crippen LogP contribution is 2.77. The number of hydrogen-bond donors (Lipinski definition) is 2. The van der Waals surface area contributed by atoms with Gasteiger partial charge in [0.2, 0.25) is 5.91 Å². The van der Waals surface area contributed by atoms with Crippen LogP contribution >= 0.6 is 0 Å². The van der Waals surface area contributed by atoms with Crippen molar-refractivity contribution >= 4 is 23.6 Å². The Morgan fingerprint density at radius 2 is 1.73 bits per heavy atom. The number of carboxylic acid groups (broad SMARTS) is 1. The fourth-order valence-electron chi connectivity index (χ4n) is 14.5. The number of pyridine rings is 1. The monoisotopic (exact) mass is 816 g/mol. The Labute approximate surface area is 353 Å². The summed E-state index contributed by atoms with van der Waals surface area (Å²) in [5.41, 5.74) is 1.08. The van der Waals surface area contributed by atoms with E-state index in [1.807, 2.05) is 23.1 Å². The number of likely N-dealkylation sites (tertiary alicyclic amines) is 1. The van der Waals surface area contributed by atoms with Gasteiger partial charge in [0.25, 0.3) is 0 Å². The van der Waals surface area contributed by atoms with Crippen LogP contribution in [0.25, 0.3) is 0 Å². The Bertz CT molecular complexity index is 1840. The molecule has 2 heterocycles. The van der Waals surface area contributed by atoms with Crippen molar-refractivity contribution in [1.82, 2.24) is 14.8 Å². The number of nitrogens with zero attached hydrogens (tertiary/aromatic N) is 3. The third-order valence-electron chi connectivity index (χ3n) is 17.9. The second kappa shape index (κ2) is 15.7. The molecule has 7 rings (SSSR count). The maximum Gasteiger partial charge on any atom is 0.309 e. The van der Waals surface area contributed by atoms with E-state index in [0.29, 0.717) is 50.9 Å². The van der Waals surface area contributed by atoms with Gasteiger partial charge in [0.1, 0.15) is 6.10 Å². The first kappa shape index (κ1) is 44.0. The van der Waals surface area contributed by atoms with Gasteiger partial charge in [-0.15, -0.1) is 0 Å². The number of aliphatic hydroxyl groups is 1. The number of fused-ring (bicyclic) bond motifs is 7. The third-order valence-corrected chi connectivity index (χ3v) is 17.9. The van der Waals surface area contributed by atoms with Gasteiger partial charge in [-0.2, -0.15) is 0 Å². The summed E-state index contributed by atoms with van der Waals surface area (Å²) in [7, 11) is 0. The van der Waals surface area contributed by atoms with E-state index in [1.54, 1.807) is 20.0 Å². The normalized spacial score (nSPS) is 36.0. The lowest BCUT2D eigenvalue weighted by molar-refractivity contribution is -0.235. The highest BCUT2D eigenvalue weighted by Gasteiger charge is 2.71. The summed E-state index contributed by atoms with van der Waals surface area (Å²) >= 11 is 0. The van der Waals surface area contributed by atoms with Gasteiger partial charge in [-0.05, 0) is 129 Å². The van der Waals surface area contributed by atoms with Crippen molar-refractivity contribution in [2.45, 2.75) is 158 Å². The second-order valence-corrected chi connectivity index (χ2v) is 22.1. The first-order valence-corrected chi connectivity index (χ1v) is 22.9. The van der Waals surface area contributed by atoms with Crippen LogP contribution < -0.4 is 0 Å². The van der Waals surface area contributed by atoms with E-state index in [2.05, 4.69) is 58.4 Å². The molecule has 59 heavy (non-hydrogen) atoms. The Hall–Kier alpha value is -3.11. The lowest BCUT2D eigenvalue weighted by Crippen LogP contribution is -2.66. The van der Waals surface area contributed by atoms with Crippen LogP contribution in [0.2, 0.25) is 0 Å². The molecular weight excluding hydrogens is 743 g/mol. The van der Waals surface area contributed by atoms with E-state index in [4.69, 9.17) is 4.74 Å². The number of esters is 1. The minimum absolute atomic E-state index is 0.0113. The number of Topliss-reactive ketones (excluding diaryl/α,β-unsaturated/α-hetero) is 1. The Morgan fingerprint density at radius 3 is 2.37 bits per heavy atom. The first-order chi connectivity index (χ1) is 27.6. The van der Waals surface area contributed by atoms with E-state index in [1.165, 1.54) is 5.57 Å². The molecule has 10 heteroatoms. The first-order valence-electron chi connectivity index (χ1n) is 22.9. The summed E-state index contributed by atoms with van der Waals surface area (Å²) in [6.07, 6.45) is 10.1. The number of aliphatic carboxylic acids is 1. The lowest BCUT2D eigenvalue weighted by atomic mass is 9.33. The fraction of sp³-hybridized carbons (Fsp3) is 0.776. The van der Waals surface area contributed by atoms with E-state index in [0.717, 1.165) is 75.6 Å². The van der Waals surface area contributed by atoms with E-state index >= 15 is 0 Å². The van der Waals surface area contributed by atoms with Gasteiger partial charge in [-0.1, -0.05) is 60.1 Å². The standard InChI is InChI=1S/C49H73N3O7/c1-31(2)41-34(53)27-49(37(54)30-51(29-32-13-10-11-23-50-32)25-26-52-24-12-14-39(52)55)22-21-47(8)33(42(41)49)15-16-36-46(7)19-18-38(59-40(56)28-44(3,4)43(57)58)45(5,6)35(46)17-20-48(36,47)9/h10-11,13,23,31,33,35-38,54H,12,14-22,24-30H2,1-9H3,(H,57,58)/t33-,35?,36+,37-,38?,46?,47-,48?,49+/m1/s1. The van der Waals surface area contributed by atoms with Crippen LogP contribution in [0.3, 0.4) is 0 Å². The van der Waals surface area contributed by atoms with Crippen molar-refractivity contribution in [2.24, 2.45) is 56.2 Å². The molecule has 1 saturated heterocycles. The molecule has 326 valence electrons. The van der Waals surface area contributed by atoms with E-state index in [-0.39, 0.29) is 57.7 Å². The Morgan fingerprint density at radius 1 is 0.983 bits per heavy atom. The molecule has 0 spiro atoms. The van der Waals surface area contributed by atoms with Crippen LogP contribution in [0.15, 0.2) is 35.5 Å². The van der Waals surface area contributed by atoms with Crippen molar-refractivity contribution in [3.63, 3.8) is 0 Å². The number of hydrogen-bond acceptors (Lipinski definition) is 8. The number of carboxylic acids is 1. The molecule has 1 aliphatic heterocycles. The van der Waals surface area contributed by atoms with Gasteiger partial charge in [0, 0.05) is 62.6 Å². The number of aliphatic hydroxyl groups excluding tert-OH is 1. The molecule has 10 nitrogen and oxygen atoms in total. The molecule has 1 aromatic rings. The van der Waals surface area contributed by atoms with Gasteiger partial charge < -0.3 is 19.8 Å². The molecule has 1 amide bonds. The topological polar surface area (TPSA) is 137 Å². The maximum absolute atomic E-state index is 14.4. The number of rotatable bonds is 13. The van der Waals surface area contributed by atoms with Crippen molar-refractivity contribution < 1.29 is 34.1 Å². The summed E-state index contributed by atoms with van der Waals surface area (Å²) in [4.78, 5) is 60.8. The van der Waals surface area contributed by atoms with E-state index < -0.39 is 28.9 Å². The predicted molar refractivity (Wildman–Crippen MR) is 227 cm³/mol. The molecule has 6 aliphatic rings. The zero-order valence-electron chi connectivity index (χ0n) is 37.6. The van der Waals surface area contributed by atoms with Gasteiger partial charge >= 0.3 is 11.9 Å². The number of aromatic nitrogens is 1. The number of amides is 1. The van der Waals surface area contributed by atoms with Crippen LogP contribution in [-0.4, -0.2) is 87.0 Å². The molecule has 4 saturated carbocycles. The summed E-state index contributed by atoms with van der Waals surface area (Å²) < 4.78 is 6.20. The van der Waals surface area contributed by atoms with Crippen LogP contribution in [0.4, 0.5) is 0 Å². The lowest BCUT2D eigenvalue weighted by Gasteiger charge is -2.72. The zero-order chi connectivity index (χ0) is 42.9. The van der Waals surface area contributed by atoms with Crippen LogP contribution in [0.1, 0.15) is 145 Å². The number of ether oxygens (including phenoxy) is 1. The predicted octanol–water partition coefficient (Wildman–Crippen LogP) is 8.26. The Balaban J connectivity index is 1.16. The minimum atomic E-state index is -1.18. The highest BCUT2D eigenvalue weighted by molar-refractivity contribution is 6.00. The number of ketones is 1. The van der Waals surface area contributed by atoms with Crippen LogP contribution in [0, 0.1) is 56.2 Å². The second-order valence-electron chi connectivity index (χ2n) is 22.1. The number of carbonyl (C=O) groups excluding carboxylic acids is 3. The summed E-state index contributed by atoms with van der Waals surface area (Å²) in [5.74, 6) is 0.0501. The molecule has 4 unspecified atom stereocenters. The van der Waals surface area contributed by atoms with Crippen molar-refractivity contribution in [2.75, 3.05) is 26.2 Å². The SMILES string of the molecule is CC(C)C1=C2[C@H]3CC[C@H]4C5(C)CCC(OC(=O)CC(C)(C)C(=O)O)C(C)(C)C5CCC4(C)[C@]3(C)CC[C@@]2([C@H](O)CN(CCN2CCCC2=O)Cc2ccccn2)CC1=O. The number of carbonyl (C=O) groups is 4. The molecule has 5 fully saturated rings. The average Bonchev–Trinajstić information content (AvgIpc) is 3.71.